The summed E-state index contributed by atoms with van der Waals surface area (Å²) in [6.45, 7) is 4.16. The third kappa shape index (κ3) is 4.47. The van der Waals surface area contributed by atoms with Gasteiger partial charge in [-0.05, 0) is 62.1 Å². The molecule has 1 aromatic heterocycles. The molecular weight excluding hydrogens is 436 g/mol. The first-order valence-electron chi connectivity index (χ1n) is 9.22. The maximum Gasteiger partial charge on any atom is 0.230 e. The van der Waals surface area contributed by atoms with Gasteiger partial charge in [-0.3, -0.25) is 9.36 Å². The molecule has 0 aliphatic heterocycles. The maximum atomic E-state index is 12.1. The van der Waals surface area contributed by atoms with Crippen LogP contribution in [0.3, 0.4) is 0 Å². The predicted molar refractivity (Wildman–Crippen MR) is 116 cm³/mol. The number of aromatic nitrogens is 3. The van der Waals surface area contributed by atoms with Crippen molar-refractivity contribution in [3.05, 3.63) is 58.1 Å². The lowest BCUT2D eigenvalue weighted by Gasteiger charge is -2.12. The zero-order valence-corrected chi connectivity index (χ0v) is 18.2. The van der Waals surface area contributed by atoms with E-state index in [1.165, 1.54) is 22.9 Å². The largest absolute Gasteiger partial charge is 0.353 e. The number of hydrogen-bond acceptors (Lipinski definition) is 4. The highest BCUT2D eigenvalue weighted by Crippen LogP contribution is 2.30. The van der Waals surface area contributed by atoms with Gasteiger partial charge >= 0.3 is 0 Å². The second kappa shape index (κ2) is 8.09. The molecule has 0 atom stereocenters. The number of benzene rings is 2. The van der Waals surface area contributed by atoms with Crippen molar-refractivity contribution in [2.24, 2.45) is 0 Å². The van der Waals surface area contributed by atoms with Gasteiger partial charge in [0, 0.05) is 16.1 Å². The summed E-state index contributed by atoms with van der Waals surface area (Å²) in [6, 6.07) is 14.8. The van der Waals surface area contributed by atoms with Crippen LogP contribution >= 0.6 is 27.7 Å². The molecule has 0 unspecified atom stereocenters. The number of carbonyl (C=O) groups is 1. The van der Waals surface area contributed by atoms with Crippen LogP contribution in [0.4, 0.5) is 0 Å². The lowest BCUT2D eigenvalue weighted by Crippen LogP contribution is -2.27. The Morgan fingerprint density at radius 3 is 2.46 bits per heavy atom. The average molecular weight is 457 g/mol. The first-order chi connectivity index (χ1) is 13.5. The van der Waals surface area contributed by atoms with Crippen molar-refractivity contribution in [3.8, 4) is 17.1 Å². The number of amides is 1. The quantitative estimate of drug-likeness (QED) is 0.546. The summed E-state index contributed by atoms with van der Waals surface area (Å²) in [6.07, 6.45) is 2.17. The van der Waals surface area contributed by atoms with Gasteiger partial charge in [-0.25, -0.2) is 0 Å². The summed E-state index contributed by atoms with van der Waals surface area (Å²) in [5, 5.41) is 12.6. The monoisotopic (exact) mass is 456 g/mol. The van der Waals surface area contributed by atoms with E-state index in [1.54, 1.807) is 0 Å². The van der Waals surface area contributed by atoms with Crippen molar-refractivity contribution in [1.29, 1.82) is 0 Å². The lowest BCUT2D eigenvalue weighted by molar-refractivity contribution is -0.118. The Morgan fingerprint density at radius 1 is 1.14 bits per heavy atom. The highest BCUT2D eigenvalue weighted by atomic mass is 79.9. The molecule has 1 saturated carbocycles. The Morgan fingerprint density at radius 2 is 1.82 bits per heavy atom. The van der Waals surface area contributed by atoms with Crippen LogP contribution in [0.2, 0.25) is 0 Å². The summed E-state index contributed by atoms with van der Waals surface area (Å²) in [5.74, 6) is 1.15. The predicted octanol–water partition coefficient (Wildman–Crippen LogP) is 4.68. The zero-order chi connectivity index (χ0) is 19.7. The van der Waals surface area contributed by atoms with Crippen LogP contribution in [0.5, 0.6) is 0 Å². The standard InChI is InChI=1S/C21H21BrN4OS/c1-13-9-14(2)11-18(10-13)26-20(15-3-5-16(22)6-4-15)24-25-21(26)28-12-19(27)23-17-7-8-17/h3-6,9-11,17H,7-8,12H2,1-2H3,(H,23,27). The van der Waals surface area contributed by atoms with E-state index in [2.05, 4.69) is 63.5 Å². The lowest BCUT2D eigenvalue weighted by atomic mass is 10.1. The van der Waals surface area contributed by atoms with Gasteiger partial charge in [0.15, 0.2) is 11.0 Å². The van der Waals surface area contributed by atoms with Crippen LogP contribution in [0.15, 0.2) is 52.1 Å². The second-order valence-electron chi connectivity index (χ2n) is 7.12. The molecule has 1 fully saturated rings. The van der Waals surface area contributed by atoms with E-state index in [0.717, 1.165) is 34.4 Å². The number of hydrogen-bond donors (Lipinski definition) is 1. The van der Waals surface area contributed by atoms with Crippen molar-refractivity contribution in [1.82, 2.24) is 20.1 Å². The fraction of sp³-hybridized carbons (Fsp3) is 0.286. The molecule has 1 heterocycles. The molecular formula is C21H21BrN4OS. The van der Waals surface area contributed by atoms with Crippen molar-refractivity contribution < 1.29 is 4.79 Å². The third-order valence-corrected chi connectivity index (χ3v) is 5.93. The Balaban J connectivity index is 1.70. The summed E-state index contributed by atoms with van der Waals surface area (Å²) in [4.78, 5) is 12.1. The highest BCUT2D eigenvalue weighted by Gasteiger charge is 2.24. The molecule has 1 N–H and O–H groups in total. The van der Waals surface area contributed by atoms with Crippen molar-refractivity contribution in [2.45, 2.75) is 37.9 Å². The molecule has 4 rings (SSSR count). The molecule has 0 radical (unpaired) electrons. The minimum Gasteiger partial charge on any atom is -0.353 e. The Kier molecular flexibility index (Phi) is 5.55. The number of nitrogens with one attached hydrogen (secondary N) is 1. The summed E-state index contributed by atoms with van der Waals surface area (Å²) < 4.78 is 3.05. The van der Waals surface area contributed by atoms with Crippen LogP contribution in [0, 0.1) is 13.8 Å². The summed E-state index contributed by atoms with van der Waals surface area (Å²) in [5.41, 5.74) is 4.33. The Labute approximate surface area is 177 Å². The fourth-order valence-electron chi connectivity index (χ4n) is 3.09. The van der Waals surface area contributed by atoms with Crippen LogP contribution in [0.1, 0.15) is 24.0 Å². The van der Waals surface area contributed by atoms with E-state index >= 15 is 0 Å². The molecule has 0 spiro atoms. The van der Waals surface area contributed by atoms with E-state index < -0.39 is 0 Å². The van der Waals surface area contributed by atoms with Crippen molar-refractivity contribution in [3.63, 3.8) is 0 Å². The Bertz CT molecular complexity index is 991. The van der Waals surface area contributed by atoms with E-state index in [-0.39, 0.29) is 5.91 Å². The summed E-state index contributed by atoms with van der Waals surface area (Å²) in [7, 11) is 0. The van der Waals surface area contributed by atoms with Crippen LogP contribution < -0.4 is 5.32 Å². The van der Waals surface area contributed by atoms with E-state index in [0.29, 0.717) is 17.0 Å². The minimum absolute atomic E-state index is 0.0488. The maximum absolute atomic E-state index is 12.1. The molecule has 7 heteroatoms. The van der Waals surface area contributed by atoms with Gasteiger partial charge in [0.25, 0.3) is 0 Å². The van der Waals surface area contributed by atoms with Gasteiger partial charge in [-0.1, -0.05) is 45.9 Å². The number of carbonyl (C=O) groups excluding carboxylic acids is 1. The smallest absolute Gasteiger partial charge is 0.230 e. The SMILES string of the molecule is Cc1cc(C)cc(-n2c(SCC(=O)NC3CC3)nnc2-c2ccc(Br)cc2)c1. The van der Waals surface area contributed by atoms with Gasteiger partial charge in [-0.15, -0.1) is 10.2 Å². The van der Waals surface area contributed by atoms with Crippen LogP contribution in [0.25, 0.3) is 17.1 Å². The van der Waals surface area contributed by atoms with Crippen LogP contribution in [-0.4, -0.2) is 32.5 Å². The molecule has 1 aliphatic carbocycles. The zero-order valence-electron chi connectivity index (χ0n) is 15.8. The minimum atomic E-state index is 0.0488. The van der Waals surface area contributed by atoms with E-state index in [9.17, 15) is 4.79 Å². The molecule has 3 aromatic rings. The molecule has 1 aliphatic rings. The normalized spacial score (nSPS) is 13.5. The van der Waals surface area contributed by atoms with Gasteiger partial charge < -0.3 is 5.32 Å². The Hall–Kier alpha value is -2.12. The number of thioether (sulfide) groups is 1. The second-order valence-corrected chi connectivity index (χ2v) is 8.98. The number of aryl methyl sites for hydroxylation is 2. The molecule has 0 saturated heterocycles. The first-order valence-corrected chi connectivity index (χ1v) is 11.0. The van der Waals surface area contributed by atoms with Gasteiger partial charge in [0.1, 0.15) is 0 Å². The molecule has 0 bridgehead atoms. The van der Waals surface area contributed by atoms with E-state index in [1.807, 2.05) is 28.8 Å². The van der Waals surface area contributed by atoms with Crippen LogP contribution in [-0.2, 0) is 4.79 Å². The molecule has 1 amide bonds. The third-order valence-electron chi connectivity index (χ3n) is 4.48. The van der Waals surface area contributed by atoms with Gasteiger partial charge in [0.2, 0.25) is 5.91 Å². The van der Waals surface area contributed by atoms with Crippen molar-refractivity contribution in [2.75, 3.05) is 5.75 Å². The first kappa shape index (κ1) is 19.2. The van der Waals surface area contributed by atoms with Gasteiger partial charge in [0.05, 0.1) is 11.4 Å². The molecule has 28 heavy (non-hydrogen) atoms. The van der Waals surface area contributed by atoms with Crippen molar-refractivity contribution >= 4 is 33.6 Å². The molecule has 5 nitrogen and oxygen atoms in total. The number of halogens is 1. The molecule has 144 valence electrons. The van der Waals surface area contributed by atoms with Gasteiger partial charge in [-0.2, -0.15) is 0 Å². The van der Waals surface area contributed by atoms with E-state index in [4.69, 9.17) is 0 Å². The molecule has 2 aromatic carbocycles. The topological polar surface area (TPSA) is 59.8 Å². The number of nitrogens with zero attached hydrogens (tertiary/aromatic N) is 3. The number of rotatable bonds is 6. The highest BCUT2D eigenvalue weighted by molar-refractivity contribution is 9.10. The summed E-state index contributed by atoms with van der Waals surface area (Å²) >= 11 is 4.90. The fourth-order valence-corrected chi connectivity index (χ4v) is 4.12. The average Bonchev–Trinajstić information content (AvgIpc) is 3.35.